The summed E-state index contributed by atoms with van der Waals surface area (Å²) in [4.78, 5) is 8.08. The van der Waals surface area contributed by atoms with Crippen LogP contribution >= 0.6 is 11.6 Å². The van der Waals surface area contributed by atoms with Crippen molar-refractivity contribution in [1.82, 2.24) is 9.97 Å². The number of ether oxygens (including phenoxy) is 1. The van der Waals surface area contributed by atoms with E-state index in [1.165, 1.54) is 48.5 Å². The normalized spacial score (nSPS) is 18.6. The number of pyridine rings is 2. The van der Waals surface area contributed by atoms with Gasteiger partial charge in [-0.15, -0.1) is 0 Å². The van der Waals surface area contributed by atoms with Gasteiger partial charge in [0.15, 0.2) is 5.03 Å². The van der Waals surface area contributed by atoms with Gasteiger partial charge in [-0.3, -0.25) is 4.72 Å². The van der Waals surface area contributed by atoms with E-state index in [1.807, 2.05) is 0 Å². The summed E-state index contributed by atoms with van der Waals surface area (Å²) in [6, 6.07) is 11.0. The Kier molecular flexibility index (Phi) is 6.67. The van der Waals surface area contributed by atoms with Gasteiger partial charge in [-0.2, -0.15) is 21.6 Å². The molecule has 3 N–H and O–H groups in total. The van der Waals surface area contributed by atoms with E-state index in [1.54, 1.807) is 0 Å². The van der Waals surface area contributed by atoms with E-state index in [0.717, 1.165) is 6.07 Å². The first-order valence-corrected chi connectivity index (χ1v) is 11.8. The second-order valence-corrected chi connectivity index (χ2v) is 9.43. The Balaban J connectivity index is 1.62. The molecule has 3 heterocycles. The lowest BCUT2D eigenvalue weighted by Gasteiger charge is -2.16. The number of sulfonamides is 1. The highest BCUT2D eigenvalue weighted by atomic mass is 35.5. The largest absolute Gasteiger partial charge is 0.417 e. The molecule has 34 heavy (non-hydrogen) atoms. The summed E-state index contributed by atoms with van der Waals surface area (Å²) < 4.78 is 73.5. The number of halogens is 4. The van der Waals surface area contributed by atoms with Crippen LogP contribution in [0.3, 0.4) is 0 Å². The molecular weight excluding hydrogens is 497 g/mol. The number of hydrogen-bond donors (Lipinski definition) is 3. The topological polar surface area (TPSA) is 113 Å². The van der Waals surface area contributed by atoms with Crippen LogP contribution in [0, 0.1) is 0 Å². The first-order valence-electron chi connectivity index (χ1n) is 9.90. The van der Waals surface area contributed by atoms with E-state index in [0.29, 0.717) is 0 Å². The van der Waals surface area contributed by atoms with E-state index in [-0.39, 0.29) is 46.2 Å². The Morgan fingerprint density at radius 3 is 2.47 bits per heavy atom. The van der Waals surface area contributed by atoms with Gasteiger partial charge < -0.3 is 15.2 Å². The van der Waals surface area contributed by atoms with Crippen molar-refractivity contribution in [2.75, 3.05) is 23.3 Å². The van der Waals surface area contributed by atoms with E-state index < -0.39 is 33.9 Å². The Morgan fingerprint density at radius 1 is 1.00 bits per heavy atom. The first kappa shape index (κ1) is 24.2. The van der Waals surface area contributed by atoms with Crippen LogP contribution in [0.25, 0.3) is 11.3 Å². The number of anilines is 2. The molecule has 0 radical (unpaired) electrons. The number of aromatic nitrogens is 2. The van der Waals surface area contributed by atoms with Crippen LogP contribution in [0.4, 0.5) is 24.8 Å². The number of nitrogens with zero attached hydrogens (tertiary/aromatic N) is 2. The Bertz CT molecular complexity index is 1310. The molecule has 2 aromatic heterocycles. The van der Waals surface area contributed by atoms with Gasteiger partial charge in [-0.1, -0.05) is 35.9 Å². The summed E-state index contributed by atoms with van der Waals surface area (Å²) in [6.45, 7) is 0.383. The quantitative estimate of drug-likeness (QED) is 0.458. The molecule has 2 atom stereocenters. The number of aliphatic hydroxyl groups excluding tert-OH is 1. The number of benzene rings is 1. The van der Waals surface area contributed by atoms with Crippen molar-refractivity contribution in [2.45, 2.75) is 23.3 Å². The average molecular weight is 515 g/mol. The van der Waals surface area contributed by atoms with Gasteiger partial charge in [-0.25, -0.2) is 9.97 Å². The van der Waals surface area contributed by atoms with Crippen molar-refractivity contribution in [3.63, 3.8) is 0 Å². The Hall–Kier alpha value is -2.93. The number of nitrogens with one attached hydrogen (secondary N) is 2. The van der Waals surface area contributed by atoms with Crippen molar-refractivity contribution in [2.24, 2.45) is 0 Å². The lowest BCUT2D eigenvalue weighted by atomic mass is 10.0. The molecule has 1 saturated heterocycles. The minimum Gasteiger partial charge on any atom is -0.388 e. The number of aliphatic hydroxyl groups is 1. The summed E-state index contributed by atoms with van der Waals surface area (Å²) in [6.07, 6.45) is -5.43. The molecule has 13 heteroatoms. The monoisotopic (exact) mass is 514 g/mol. The van der Waals surface area contributed by atoms with Gasteiger partial charge in [0.2, 0.25) is 0 Å². The summed E-state index contributed by atoms with van der Waals surface area (Å²) in [5.74, 6) is -0.0440. The summed E-state index contributed by atoms with van der Waals surface area (Å²) in [5.41, 5.74) is -1.47. The number of rotatable bonds is 6. The minimum atomic E-state index is -4.66. The summed E-state index contributed by atoms with van der Waals surface area (Å²) in [5, 5.41) is 12.3. The van der Waals surface area contributed by atoms with Gasteiger partial charge in [0.25, 0.3) is 10.0 Å². The van der Waals surface area contributed by atoms with Gasteiger partial charge in [0.1, 0.15) is 11.6 Å². The van der Waals surface area contributed by atoms with Gasteiger partial charge in [0, 0.05) is 5.56 Å². The van der Waals surface area contributed by atoms with Crippen LogP contribution in [0.5, 0.6) is 0 Å². The lowest BCUT2D eigenvalue weighted by Crippen LogP contribution is -2.32. The van der Waals surface area contributed by atoms with Crippen LogP contribution in [0.15, 0.2) is 59.6 Å². The molecule has 1 aliphatic heterocycles. The van der Waals surface area contributed by atoms with E-state index in [9.17, 15) is 26.7 Å². The smallest absolute Gasteiger partial charge is 0.388 e. The Morgan fingerprint density at radius 2 is 1.76 bits per heavy atom. The molecule has 1 aromatic carbocycles. The molecule has 0 spiro atoms. The van der Waals surface area contributed by atoms with E-state index in [2.05, 4.69) is 20.0 Å². The van der Waals surface area contributed by atoms with Crippen molar-refractivity contribution >= 4 is 33.3 Å². The molecule has 0 aliphatic carbocycles. The molecule has 1 fully saturated rings. The third kappa shape index (κ3) is 5.25. The predicted molar refractivity (Wildman–Crippen MR) is 119 cm³/mol. The highest BCUT2D eigenvalue weighted by Gasteiger charge is 2.34. The van der Waals surface area contributed by atoms with Gasteiger partial charge in [0.05, 0.1) is 41.6 Å². The molecule has 3 aromatic rings. The van der Waals surface area contributed by atoms with Crippen molar-refractivity contribution in [3.8, 4) is 11.3 Å². The van der Waals surface area contributed by atoms with Crippen LogP contribution < -0.4 is 10.0 Å². The van der Waals surface area contributed by atoms with Crippen LogP contribution in [0.2, 0.25) is 5.02 Å². The second kappa shape index (κ2) is 9.37. The molecule has 0 unspecified atom stereocenters. The third-order valence-corrected chi connectivity index (χ3v) is 6.52. The van der Waals surface area contributed by atoms with Crippen molar-refractivity contribution in [1.29, 1.82) is 0 Å². The molecule has 4 rings (SSSR count). The first-order chi connectivity index (χ1) is 16.0. The molecule has 0 bridgehead atoms. The van der Waals surface area contributed by atoms with Gasteiger partial charge >= 0.3 is 6.18 Å². The molecule has 8 nitrogen and oxygen atoms in total. The van der Waals surface area contributed by atoms with Crippen LogP contribution in [-0.4, -0.2) is 48.9 Å². The second-order valence-electron chi connectivity index (χ2n) is 7.39. The maximum absolute atomic E-state index is 13.4. The Labute approximate surface area is 197 Å². The van der Waals surface area contributed by atoms with Crippen LogP contribution in [0.1, 0.15) is 5.56 Å². The van der Waals surface area contributed by atoms with Crippen molar-refractivity contribution < 1.29 is 31.4 Å². The zero-order valence-corrected chi connectivity index (χ0v) is 18.8. The fraction of sp³-hybridized carbons (Fsp3) is 0.238. The maximum atomic E-state index is 13.4. The molecule has 0 amide bonds. The fourth-order valence-electron chi connectivity index (χ4n) is 3.33. The highest BCUT2D eigenvalue weighted by molar-refractivity contribution is 7.92. The summed E-state index contributed by atoms with van der Waals surface area (Å²) in [7, 11) is -4.26. The minimum absolute atomic E-state index is 0.0821. The number of alkyl halides is 3. The van der Waals surface area contributed by atoms with Crippen molar-refractivity contribution in [3.05, 3.63) is 65.2 Å². The fourth-order valence-corrected chi connectivity index (χ4v) is 4.51. The van der Waals surface area contributed by atoms with E-state index >= 15 is 0 Å². The highest BCUT2D eigenvalue weighted by Crippen LogP contribution is 2.39. The standard InChI is InChI=1S/C21H18ClF3N4O4S/c22-14-8-9-18(28-20(14)12-4-1-2-5-13(12)21(23,24)25)29-34(31,32)19-7-3-6-17(27-19)26-15-10-33-11-16(15)30/h1-9,15-16,30H,10-11H2,(H,26,27)(H,28,29)/t15-,16-/m1/s1. The number of hydrogen-bond acceptors (Lipinski definition) is 7. The zero-order chi connectivity index (χ0) is 24.5. The lowest BCUT2D eigenvalue weighted by molar-refractivity contribution is -0.137. The summed E-state index contributed by atoms with van der Waals surface area (Å²) >= 11 is 6.10. The molecule has 1 aliphatic rings. The maximum Gasteiger partial charge on any atom is 0.417 e. The SMILES string of the molecule is O=S(=O)(Nc1ccc(Cl)c(-c2ccccc2C(F)(F)F)n1)c1cccc(N[C@@H]2COC[C@H]2O)n1. The van der Waals surface area contributed by atoms with Crippen LogP contribution in [-0.2, 0) is 20.9 Å². The molecule has 180 valence electrons. The molecular formula is C21H18ClF3N4O4S. The zero-order valence-electron chi connectivity index (χ0n) is 17.3. The average Bonchev–Trinajstić information content (AvgIpc) is 3.19. The van der Waals surface area contributed by atoms with Gasteiger partial charge in [-0.05, 0) is 30.3 Å². The third-order valence-electron chi connectivity index (χ3n) is 4.96. The molecule has 0 saturated carbocycles. The van der Waals surface area contributed by atoms with E-state index in [4.69, 9.17) is 16.3 Å². The predicted octanol–water partition coefficient (Wildman–Crippen LogP) is 3.79.